The van der Waals surface area contributed by atoms with Gasteiger partial charge in [0.25, 0.3) is 0 Å². The molecule has 0 atom stereocenters. The van der Waals surface area contributed by atoms with Crippen LogP contribution in [0.15, 0.2) is 36.4 Å². The Kier molecular flexibility index (Phi) is 6.16. The first-order valence-electron chi connectivity index (χ1n) is 5.79. The van der Waals surface area contributed by atoms with Crippen LogP contribution in [-0.2, 0) is 11.3 Å². The van der Waals surface area contributed by atoms with E-state index >= 15 is 0 Å². The van der Waals surface area contributed by atoms with Crippen LogP contribution in [0.1, 0.15) is 24.6 Å². The van der Waals surface area contributed by atoms with E-state index in [0.717, 1.165) is 21.2 Å². The molecule has 18 heavy (non-hydrogen) atoms. The van der Waals surface area contributed by atoms with Crippen molar-refractivity contribution in [3.05, 3.63) is 45.7 Å². The number of thiophene rings is 1. The van der Waals surface area contributed by atoms with E-state index in [1.807, 2.05) is 38.3 Å². The molecule has 1 aromatic heterocycles. The van der Waals surface area contributed by atoms with Crippen LogP contribution in [-0.4, -0.2) is 17.9 Å². The second-order valence-electron chi connectivity index (χ2n) is 4.24. The fourth-order valence-electron chi connectivity index (χ4n) is 1.44. The van der Waals surface area contributed by atoms with E-state index in [2.05, 4.69) is 6.58 Å². The van der Waals surface area contributed by atoms with Gasteiger partial charge >= 0.3 is 0 Å². The lowest BCUT2D eigenvalue weighted by molar-refractivity contribution is -0.130. The van der Waals surface area contributed by atoms with E-state index in [4.69, 9.17) is 11.6 Å². The molecular formula is C14H18ClNOS. The average molecular weight is 284 g/mol. The van der Waals surface area contributed by atoms with Crippen molar-refractivity contribution in [2.24, 2.45) is 0 Å². The van der Waals surface area contributed by atoms with E-state index in [-0.39, 0.29) is 5.91 Å². The maximum atomic E-state index is 11.8. The van der Waals surface area contributed by atoms with Crippen LogP contribution < -0.4 is 0 Å². The Morgan fingerprint density at radius 1 is 1.56 bits per heavy atom. The summed E-state index contributed by atoms with van der Waals surface area (Å²) >= 11 is 7.36. The predicted octanol–water partition coefficient (Wildman–Crippen LogP) is 4.27. The zero-order chi connectivity index (χ0) is 13.5. The third-order valence-electron chi connectivity index (χ3n) is 2.37. The highest BCUT2D eigenvalue weighted by atomic mass is 35.5. The van der Waals surface area contributed by atoms with Crippen LogP contribution in [0.2, 0.25) is 4.34 Å². The van der Waals surface area contributed by atoms with E-state index < -0.39 is 0 Å². The second-order valence-corrected chi connectivity index (χ2v) is 6.04. The summed E-state index contributed by atoms with van der Waals surface area (Å²) in [6.07, 6.45) is 5.20. The number of nitrogens with zero attached hydrogens (tertiary/aromatic N) is 1. The first-order valence-corrected chi connectivity index (χ1v) is 6.98. The largest absolute Gasteiger partial charge is 0.341 e. The molecule has 0 bridgehead atoms. The smallest absolute Gasteiger partial charge is 0.222 e. The Morgan fingerprint density at radius 3 is 2.83 bits per heavy atom. The van der Waals surface area contributed by atoms with Gasteiger partial charge in [0.2, 0.25) is 5.91 Å². The number of carbonyl (C=O) groups excluding carboxylic acids is 1. The molecule has 0 saturated carbocycles. The van der Waals surface area contributed by atoms with Crippen molar-refractivity contribution in [3.63, 3.8) is 0 Å². The third-order valence-corrected chi connectivity index (χ3v) is 3.59. The number of rotatable bonds is 6. The van der Waals surface area contributed by atoms with Crippen molar-refractivity contribution in [1.82, 2.24) is 4.90 Å². The Hall–Kier alpha value is -1.06. The Bertz CT molecular complexity index is 450. The number of hydrogen-bond donors (Lipinski definition) is 0. The molecule has 2 nitrogen and oxygen atoms in total. The summed E-state index contributed by atoms with van der Waals surface area (Å²) in [7, 11) is 1.82. The van der Waals surface area contributed by atoms with Crippen molar-refractivity contribution in [1.29, 1.82) is 0 Å². The molecule has 0 aliphatic heterocycles. The maximum absolute atomic E-state index is 11.8. The zero-order valence-electron chi connectivity index (χ0n) is 10.8. The molecule has 0 saturated heterocycles. The molecule has 0 radical (unpaired) electrons. The van der Waals surface area contributed by atoms with Crippen LogP contribution in [0.4, 0.5) is 0 Å². The van der Waals surface area contributed by atoms with Gasteiger partial charge in [0.05, 0.1) is 10.9 Å². The van der Waals surface area contributed by atoms with Crippen LogP contribution in [0.5, 0.6) is 0 Å². The molecule has 98 valence electrons. The molecule has 1 heterocycles. The molecule has 4 heteroatoms. The van der Waals surface area contributed by atoms with Gasteiger partial charge < -0.3 is 4.90 Å². The summed E-state index contributed by atoms with van der Waals surface area (Å²) in [5, 5.41) is 0. The number of amides is 1. The van der Waals surface area contributed by atoms with Gasteiger partial charge in [0.1, 0.15) is 0 Å². The molecule has 0 fully saturated rings. The van der Waals surface area contributed by atoms with E-state index in [0.29, 0.717) is 13.0 Å². The van der Waals surface area contributed by atoms with Gasteiger partial charge in [0, 0.05) is 18.3 Å². The van der Waals surface area contributed by atoms with Crippen LogP contribution >= 0.6 is 22.9 Å². The SMILES string of the molecule is C=C(C)/C=C\CCC(=O)N(C)Cc1ccc(Cl)s1. The fraction of sp³-hybridized carbons (Fsp3) is 0.357. The lowest BCUT2D eigenvalue weighted by atomic mass is 10.2. The van der Waals surface area contributed by atoms with Crippen molar-refractivity contribution >= 4 is 28.8 Å². The lowest BCUT2D eigenvalue weighted by Gasteiger charge is -2.15. The minimum atomic E-state index is 0.144. The molecule has 0 unspecified atom stereocenters. The molecule has 1 amide bonds. The monoisotopic (exact) mass is 283 g/mol. The molecule has 0 spiro atoms. The first kappa shape index (κ1) is 15.0. The van der Waals surface area contributed by atoms with Crippen LogP contribution in [0.3, 0.4) is 0 Å². The minimum Gasteiger partial charge on any atom is -0.341 e. The zero-order valence-corrected chi connectivity index (χ0v) is 12.4. The molecule has 0 aliphatic rings. The standard InChI is InChI=1S/C14H18ClNOS/c1-11(2)6-4-5-7-14(17)16(3)10-12-8-9-13(15)18-12/h4,6,8-9H,1,5,7,10H2,2-3H3/b6-4-. The average Bonchev–Trinajstić information content (AvgIpc) is 2.69. The molecule has 1 rings (SSSR count). The van der Waals surface area contributed by atoms with Gasteiger partial charge in [-0.25, -0.2) is 0 Å². The predicted molar refractivity (Wildman–Crippen MR) is 79.0 cm³/mol. The van der Waals surface area contributed by atoms with Gasteiger partial charge in [-0.3, -0.25) is 4.79 Å². The fourth-order valence-corrected chi connectivity index (χ4v) is 2.58. The van der Waals surface area contributed by atoms with Crippen molar-refractivity contribution in [3.8, 4) is 0 Å². The Balaban J connectivity index is 2.35. The van der Waals surface area contributed by atoms with E-state index in [9.17, 15) is 4.79 Å². The number of halogens is 1. The number of hydrogen-bond acceptors (Lipinski definition) is 2. The highest BCUT2D eigenvalue weighted by Crippen LogP contribution is 2.22. The van der Waals surface area contributed by atoms with E-state index in [1.165, 1.54) is 11.3 Å². The van der Waals surface area contributed by atoms with Gasteiger partial charge in [-0.1, -0.05) is 35.9 Å². The normalized spacial score (nSPS) is 10.8. The van der Waals surface area contributed by atoms with Gasteiger partial charge in [-0.05, 0) is 25.5 Å². The number of carbonyl (C=O) groups is 1. The van der Waals surface area contributed by atoms with Crippen LogP contribution in [0.25, 0.3) is 0 Å². The second kappa shape index (κ2) is 7.39. The van der Waals surface area contributed by atoms with Gasteiger partial charge in [-0.15, -0.1) is 11.3 Å². The maximum Gasteiger partial charge on any atom is 0.222 e. The van der Waals surface area contributed by atoms with Crippen LogP contribution in [0, 0.1) is 0 Å². The van der Waals surface area contributed by atoms with E-state index in [1.54, 1.807) is 4.90 Å². The molecule has 0 N–H and O–H groups in total. The van der Waals surface area contributed by atoms with Gasteiger partial charge in [-0.2, -0.15) is 0 Å². The quantitative estimate of drug-likeness (QED) is 0.714. The molecule has 1 aromatic rings. The molecular weight excluding hydrogens is 266 g/mol. The first-order chi connectivity index (χ1) is 8.49. The van der Waals surface area contributed by atoms with Crippen molar-refractivity contribution < 1.29 is 4.79 Å². The van der Waals surface area contributed by atoms with Gasteiger partial charge in [0.15, 0.2) is 0 Å². The molecule has 0 aliphatic carbocycles. The Labute approximate surface area is 118 Å². The Morgan fingerprint density at radius 2 is 2.28 bits per heavy atom. The summed E-state index contributed by atoms with van der Waals surface area (Å²) in [5.74, 6) is 0.144. The lowest BCUT2D eigenvalue weighted by Crippen LogP contribution is -2.25. The summed E-state index contributed by atoms with van der Waals surface area (Å²) in [4.78, 5) is 14.7. The minimum absolute atomic E-state index is 0.144. The summed E-state index contributed by atoms with van der Waals surface area (Å²) in [6.45, 7) is 6.33. The summed E-state index contributed by atoms with van der Waals surface area (Å²) in [6, 6.07) is 3.81. The highest BCUT2D eigenvalue weighted by Gasteiger charge is 2.09. The molecule has 0 aromatic carbocycles. The number of allylic oxidation sites excluding steroid dienone is 3. The van der Waals surface area contributed by atoms with Crippen molar-refractivity contribution in [2.45, 2.75) is 26.3 Å². The third kappa shape index (κ3) is 5.52. The topological polar surface area (TPSA) is 20.3 Å². The summed E-state index contributed by atoms with van der Waals surface area (Å²) in [5.41, 5.74) is 1.00. The highest BCUT2D eigenvalue weighted by molar-refractivity contribution is 7.16. The summed E-state index contributed by atoms with van der Waals surface area (Å²) < 4.78 is 0.759. The van der Waals surface area contributed by atoms with Crippen molar-refractivity contribution in [2.75, 3.05) is 7.05 Å².